The van der Waals surface area contributed by atoms with Crippen molar-refractivity contribution in [1.82, 2.24) is 19.5 Å². The molecule has 0 bridgehead atoms. The Bertz CT molecular complexity index is 581. The molecule has 18 heavy (non-hydrogen) atoms. The van der Waals surface area contributed by atoms with Gasteiger partial charge in [-0.05, 0) is 12.1 Å². The van der Waals surface area contributed by atoms with Crippen LogP contribution >= 0.6 is 0 Å². The maximum atomic E-state index is 12.1. The van der Waals surface area contributed by atoms with E-state index in [4.69, 9.17) is 0 Å². The highest BCUT2D eigenvalue weighted by Gasteiger charge is 2.21. The molecule has 6 nitrogen and oxygen atoms in total. The highest BCUT2D eigenvalue weighted by atomic mass is 32.2. The summed E-state index contributed by atoms with van der Waals surface area (Å²) in [6.45, 7) is 0.379. The molecule has 7 heteroatoms. The second kappa shape index (κ2) is 5.28. The zero-order valence-corrected chi connectivity index (χ0v) is 10.8. The molecular weight excluding hydrogens is 252 g/mol. The van der Waals surface area contributed by atoms with Crippen molar-refractivity contribution in [3.8, 4) is 0 Å². The van der Waals surface area contributed by atoms with Gasteiger partial charge in [-0.1, -0.05) is 6.07 Å². The summed E-state index contributed by atoms with van der Waals surface area (Å²) in [5.41, 5.74) is 0.867. The Labute approximate surface area is 106 Å². The average Bonchev–Trinajstić information content (AvgIpc) is 2.91. The normalized spacial score (nSPS) is 11.9. The van der Waals surface area contributed by atoms with Crippen LogP contribution in [0.25, 0.3) is 0 Å². The second-order valence-corrected chi connectivity index (χ2v) is 5.88. The number of hydrogen-bond donors (Lipinski definition) is 1. The van der Waals surface area contributed by atoms with Gasteiger partial charge >= 0.3 is 0 Å². The van der Waals surface area contributed by atoms with Crippen LogP contribution in [0, 0.1) is 0 Å². The smallest absolute Gasteiger partial charge is 0.245 e. The van der Waals surface area contributed by atoms with Gasteiger partial charge in [-0.2, -0.15) is 5.10 Å². The molecule has 0 aliphatic heterocycles. The van der Waals surface area contributed by atoms with Gasteiger partial charge in [0.15, 0.2) is 0 Å². The van der Waals surface area contributed by atoms with Gasteiger partial charge in [-0.15, -0.1) is 0 Å². The van der Waals surface area contributed by atoms with Crippen LogP contribution in [0.4, 0.5) is 0 Å². The van der Waals surface area contributed by atoms with Gasteiger partial charge in [0.2, 0.25) is 10.0 Å². The first-order valence-electron chi connectivity index (χ1n) is 5.46. The Hall–Kier alpha value is -1.73. The minimum atomic E-state index is -3.45. The molecule has 0 amide bonds. The maximum absolute atomic E-state index is 12.1. The minimum Gasteiger partial charge on any atom is -0.284 e. The van der Waals surface area contributed by atoms with Crippen molar-refractivity contribution >= 4 is 10.0 Å². The van der Waals surface area contributed by atoms with Crippen molar-refractivity contribution in [3.63, 3.8) is 0 Å². The van der Waals surface area contributed by atoms with Crippen molar-refractivity contribution in [2.75, 3.05) is 13.6 Å². The standard InChI is InChI=1S/C11H14N4O2S/c1-15(7-5-10-4-2-3-6-12-10)18(16,17)11-8-13-14-9-11/h2-4,6,8-9H,5,7H2,1H3,(H,13,14). The number of aromatic amines is 1. The average molecular weight is 266 g/mol. The monoisotopic (exact) mass is 266 g/mol. The zero-order chi connectivity index (χ0) is 13.0. The number of H-pyrrole nitrogens is 1. The van der Waals surface area contributed by atoms with E-state index in [0.29, 0.717) is 13.0 Å². The molecule has 0 spiro atoms. The number of sulfonamides is 1. The molecule has 2 rings (SSSR count). The van der Waals surface area contributed by atoms with Crippen LogP contribution in [0.5, 0.6) is 0 Å². The largest absolute Gasteiger partial charge is 0.284 e. The summed E-state index contributed by atoms with van der Waals surface area (Å²) < 4.78 is 25.4. The number of pyridine rings is 1. The molecule has 0 aliphatic rings. The third-order valence-corrected chi connectivity index (χ3v) is 4.41. The fourth-order valence-corrected chi connectivity index (χ4v) is 2.58. The SMILES string of the molecule is CN(CCc1ccccn1)S(=O)(=O)c1cn[nH]c1. The lowest BCUT2D eigenvalue weighted by molar-refractivity contribution is 0.471. The van der Waals surface area contributed by atoms with Gasteiger partial charge in [-0.3, -0.25) is 10.1 Å². The van der Waals surface area contributed by atoms with E-state index in [-0.39, 0.29) is 4.90 Å². The fraction of sp³-hybridized carbons (Fsp3) is 0.273. The summed E-state index contributed by atoms with van der Waals surface area (Å²) in [6, 6.07) is 5.58. The summed E-state index contributed by atoms with van der Waals surface area (Å²) in [5.74, 6) is 0. The van der Waals surface area contributed by atoms with Crippen LogP contribution in [0.2, 0.25) is 0 Å². The number of aromatic nitrogens is 3. The number of nitrogens with one attached hydrogen (secondary N) is 1. The van der Waals surface area contributed by atoms with Crippen molar-refractivity contribution in [2.45, 2.75) is 11.3 Å². The lowest BCUT2D eigenvalue weighted by Crippen LogP contribution is -2.28. The van der Waals surface area contributed by atoms with Gasteiger partial charge in [0, 0.05) is 38.1 Å². The van der Waals surface area contributed by atoms with E-state index >= 15 is 0 Å². The van der Waals surface area contributed by atoms with Crippen LogP contribution in [0.15, 0.2) is 41.7 Å². The van der Waals surface area contributed by atoms with Crippen LogP contribution < -0.4 is 0 Å². The molecule has 0 radical (unpaired) electrons. The molecule has 0 saturated carbocycles. The minimum absolute atomic E-state index is 0.172. The molecule has 1 N–H and O–H groups in total. The summed E-state index contributed by atoms with van der Waals surface area (Å²) in [5, 5.41) is 6.14. The van der Waals surface area contributed by atoms with Gasteiger partial charge in [0.1, 0.15) is 4.90 Å². The van der Waals surface area contributed by atoms with Gasteiger partial charge in [0.25, 0.3) is 0 Å². The third-order valence-electron chi connectivity index (χ3n) is 2.59. The lowest BCUT2D eigenvalue weighted by Gasteiger charge is -2.15. The Balaban J connectivity index is 2.03. The van der Waals surface area contributed by atoms with Crippen molar-refractivity contribution in [1.29, 1.82) is 0 Å². The van der Waals surface area contributed by atoms with Gasteiger partial charge < -0.3 is 0 Å². The molecular formula is C11H14N4O2S. The van der Waals surface area contributed by atoms with Crippen LogP contribution in [-0.2, 0) is 16.4 Å². The molecule has 0 saturated heterocycles. The summed E-state index contributed by atoms with van der Waals surface area (Å²) >= 11 is 0. The van der Waals surface area contributed by atoms with Crippen LogP contribution in [0.3, 0.4) is 0 Å². The molecule has 96 valence electrons. The molecule has 0 fully saturated rings. The van der Waals surface area contributed by atoms with E-state index in [1.54, 1.807) is 13.2 Å². The summed E-state index contributed by atoms with van der Waals surface area (Å²) in [7, 11) is -1.91. The van der Waals surface area contributed by atoms with Gasteiger partial charge in [0.05, 0.1) is 6.20 Å². The number of hydrogen-bond acceptors (Lipinski definition) is 4. The maximum Gasteiger partial charge on any atom is 0.245 e. The zero-order valence-electron chi connectivity index (χ0n) is 9.94. The predicted molar refractivity (Wildman–Crippen MR) is 66.3 cm³/mol. The van der Waals surface area contributed by atoms with Gasteiger partial charge in [-0.25, -0.2) is 12.7 Å². The molecule has 0 atom stereocenters. The van der Waals surface area contributed by atoms with E-state index in [9.17, 15) is 8.42 Å². The summed E-state index contributed by atoms with van der Waals surface area (Å²) in [6.07, 6.45) is 4.94. The third kappa shape index (κ3) is 2.74. The topological polar surface area (TPSA) is 79.0 Å². The van der Waals surface area contributed by atoms with Crippen molar-refractivity contribution in [3.05, 3.63) is 42.5 Å². The van der Waals surface area contributed by atoms with E-state index in [1.807, 2.05) is 18.2 Å². The Morgan fingerprint density at radius 3 is 2.83 bits per heavy atom. The summed E-state index contributed by atoms with van der Waals surface area (Å²) in [4.78, 5) is 4.33. The molecule has 0 aliphatic carbocycles. The van der Waals surface area contributed by atoms with Crippen molar-refractivity contribution in [2.24, 2.45) is 0 Å². The Morgan fingerprint density at radius 2 is 2.22 bits per heavy atom. The van der Waals surface area contributed by atoms with E-state index < -0.39 is 10.0 Å². The molecule has 0 aromatic carbocycles. The quantitative estimate of drug-likeness (QED) is 0.862. The lowest BCUT2D eigenvalue weighted by atomic mass is 10.3. The Kier molecular flexibility index (Phi) is 3.73. The Morgan fingerprint density at radius 1 is 1.39 bits per heavy atom. The predicted octanol–water partition coefficient (Wildman–Crippen LogP) is 0.668. The van der Waals surface area contributed by atoms with Crippen LogP contribution in [0.1, 0.15) is 5.69 Å². The number of likely N-dealkylation sites (N-methyl/N-ethyl adjacent to an activating group) is 1. The number of nitrogens with zero attached hydrogens (tertiary/aromatic N) is 3. The first-order valence-corrected chi connectivity index (χ1v) is 6.90. The molecule has 2 aromatic heterocycles. The van der Waals surface area contributed by atoms with Crippen LogP contribution in [-0.4, -0.2) is 41.5 Å². The first kappa shape index (κ1) is 12.7. The fourth-order valence-electron chi connectivity index (χ4n) is 1.50. The molecule has 2 aromatic rings. The highest BCUT2D eigenvalue weighted by molar-refractivity contribution is 7.89. The van der Waals surface area contributed by atoms with E-state index in [2.05, 4.69) is 15.2 Å². The first-order chi connectivity index (χ1) is 8.60. The van der Waals surface area contributed by atoms with E-state index in [1.165, 1.54) is 16.7 Å². The number of rotatable bonds is 5. The molecule has 2 heterocycles. The second-order valence-electron chi connectivity index (χ2n) is 3.83. The highest BCUT2D eigenvalue weighted by Crippen LogP contribution is 2.12. The molecule has 0 unspecified atom stereocenters. The van der Waals surface area contributed by atoms with E-state index in [0.717, 1.165) is 5.69 Å². The van der Waals surface area contributed by atoms with Crippen molar-refractivity contribution < 1.29 is 8.42 Å².